The molecule has 1 saturated carbocycles. The number of carbonyl (C=O) groups is 2. The summed E-state index contributed by atoms with van der Waals surface area (Å²) in [7, 11) is 0. The summed E-state index contributed by atoms with van der Waals surface area (Å²) in [5, 5.41) is 3.08. The monoisotopic (exact) mass is 264 g/mol. The van der Waals surface area contributed by atoms with Gasteiger partial charge in [-0.25, -0.2) is 0 Å². The van der Waals surface area contributed by atoms with Crippen LogP contribution in [0.15, 0.2) is 0 Å². The molecule has 0 aromatic carbocycles. The first-order valence-electron chi connectivity index (χ1n) is 7.82. The molecular weight excluding hydrogens is 240 g/mol. The van der Waals surface area contributed by atoms with Gasteiger partial charge in [-0.3, -0.25) is 9.59 Å². The van der Waals surface area contributed by atoms with Crippen molar-refractivity contribution in [3.8, 4) is 0 Å². The van der Waals surface area contributed by atoms with Crippen molar-refractivity contribution in [2.45, 2.75) is 57.4 Å². The SMILES string of the molecule is O=C1CCC2CN(C(=O)C3CCCCC3)CCC2N1. The molecule has 2 heterocycles. The van der Waals surface area contributed by atoms with E-state index in [0.29, 0.717) is 24.3 Å². The van der Waals surface area contributed by atoms with E-state index in [0.717, 1.165) is 38.8 Å². The van der Waals surface area contributed by atoms with Crippen LogP contribution in [0.4, 0.5) is 0 Å². The molecular formula is C15H24N2O2. The zero-order valence-electron chi connectivity index (χ0n) is 11.6. The fourth-order valence-electron chi connectivity index (χ4n) is 3.92. The Labute approximate surface area is 114 Å². The lowest BCUT2D eigenvalue weighted by atomic mass is 9.83. The summed E-state index contributed by atoms with van der Waals surface area (Å²) in [4.78, 5) is 26.0. The zero-order chi connectivity index (χ0) is 13.2. The van der Waals surface area contributed by atoms with Gasteiger partial charge < -0.3 is 10.2 Å². The lowest BCUT2D eigenvalue weighted by Gasteiger charge is -2.42. The topological polar surface area (TPSA) is 49.4 Å². The average Bonchev–Trinajstić information content (AvgIpc) is 2.47. The molecule has 0 spiro atoms. The van der Waals surface area contributed by atoms with Crippen LogP contribution in [0.5, 0.6) is 0 Å². The molecule has 1 N–H and O–H groups in total. The van der Waals surface area contributed by atoms with Gasteiger partial charge in [-0.2, -0.15) is 0 Å². The normalized spacial score (nSPS) is 32.6. The molecule has 2 unspecified atom stereocenters. The third-order valence-corrected chi connectivity index (χ3v) is 5.09. The number of nitrogens with one attached hydrogen (secondary N) is 1. The van der Waals surface area contributed by atoms with Crippen LogP contribution in [0.1, 0.15) is 51.4 Å². The number of piperidine rings is 2. The van der Waals surface area contributed by atoms with E-state index in [-0.39, 0.29) is 11.8 Å². The summed E-state index contributed by atoms with van der Waals surface area (Å²) >= 11 is 0. The van der Waals surface area contributed by atoms with E-state index in [9.17, 15) is 9.59 Å². The maximum absolute atomic E-state index is 12.5. The maximum atomic E-state index is 12.5. The maximum Gasteiger partial charge on any atom is 0.225 e. The molecule has 3 rings (SSSR count). The molecule has 2 atom stereocenters. The second-order valence-corrected chi connectivity index (χ2v) is 6.38. The largest absolute Gasteiger partial charge is 0.353 e. The fourth-order valence-corrected chi connectivity index (χ4v) is 3.92. The van der Waals surface area contributed by atoms with Gasteiger partial charge in [-0.15, -0.1) is 0 Å². The molecule has 4 heteroatoms. The summed E-state index contributed by atoms with van der Waals surface area (Å²) in [6.45, 7) is 1.69. The number of hydrogen-bond donors (Lipinski definition) is 1. The zero-order valence-corrected chi connectivity index (χ0v) is 11.6. The molecule has 2 aliphatic heterocycles. The minimum absolute atomic E-state index is 0.188. The van der Waals surface area contributed by atoms with Gasteiger partial charge in [0.1, 0.15) is 0 Å². The summed E-state index contributed by atoms with van der Waals surface area (Å²) in [6, 6.07) is 0.316. The smallest absolute Gasteiger partial charge is 0.225 e. The number of hydrogen-bond acceptors (Lipinski definition) is 2. The van der Waals surface area contributed by atoms with Gasteiger partial charge in [-0.1, -0.05) is 19.3 Å². The van der Waals surface area contributed by atoms with Gasteiger partial charge in [0.2, 0.25) is 11.8 Å². The highest BCUT2D eigenvalue weighted by atomic mass is 16.2. The molecule has 2 saturated heterocycles. The first-order chi connectivity index (χ1) is 9.24. The van der Waals surface area contributed by atoms with Crippen molar-refractivity contribution in [3.05, 3.63) is 0 Å². The number of rotatable bonds is 1. The van der Waals surface area contributed by atoms with Gasteiger partial charge >= 0.3 is 0 Å². The second kappa shape index (κ2) is 5.51. The second-order valence-electron chi connectivity index (χ2n) is 6.38. The van der Waals surface area contributed by atoms with Crippen molar-refractivity contribution in [2.75, 3.05) is 13.1 Å². The lowest BCUT2D eigenvalue weighted by Crippen LogP contribution is -2.55. The van der Waals surface area contributed by atoms with E-state index in [2.05, 4.69) is 10.2 Å². The van der Waals surface area contributed by atoms with E-state index in [1.807, 2.05) is 0 Å². The Morgan fingerprint density at radius 2 is 1.89 bits per heavy atom. The third-order valence-electron chi connectivity index (χ3n) is 5.09. The minimum Gasteiger partial charge on any atom is -0.353 e. The van der Waals surface area contributed by atoms with Crippen LogP contribution in [0.3, 0.4) is 0 Å². The lowest BCUT2D eigenvalue weighted by molar-refractivity contribution is -0.139. The van der Waals surface area contributed by atoms with Crippen LogP contribution in [-0.2, 0) is 9.59 Å². The summed E-state index contributed by atoms with van der Waals surface area (Å²) in [5.74, 6) is 1.34. The van der Waals surface area contributed by atoms with Crippen LogP contribution >= 0.6 is 0 Å². The molecule has 3 fully saturated rings. The Morgan fingerprint density at radius 1 is 1.11 bits per heavy atom. The Bertz CT molecular complexity index is 363. The number of amides is 2. The quantitative estimate of drug-likeness (QED) is 0.783. The van der Waals surface area contributed by atoms with Crippen molar-refractivity contribution in [1.82, 2.24) is 10.2 Å². The number of nitrogens with zero attached hydrogens (tertiary/aromatic N) is 1. The van der Waals surface area contributed by atoms with E-state index in [1.165, 1.54) is 19.3 Å². The molecule has 106 valence electrons. The highest BCUT2D eigenvalue weighted by Gasteiger charge is 2.36. The van der Waals surface area contributed by atoms with Gasteiger partial charge in [0.25, 0.3) is 0 Å². The number of carbonyl (C=O) groups excluding carboxylic acids is 2. The molecule has 2 amide bonds. The van der Waals surface area contributed by atoms with E-state index < -0.39 is 0 Å². The molecule has 4 nitrogen and oxygen atoms in total. The van der Waals surface area contributed by atoms with Crippen LogP contribution in [-0.4, -0.2) is 35.8 Å². The average molecular weight is 264 g/mol. The molecule has 0 radical (unpaired) electrons. The van der Waals surface area contributed by atoms with Gasteiger partial charge in [0.05, 0.1) is 0 Å². The Balaban J connectivity index is 1.58. The van der Waals surface area contributed by atoms with E-state index in [1.54, 1.807) is 0 Å². The first-order valence-corrected chi connectivity index (χ1v) is 7.82. The van der Waals surface area contributed by atoms with Crippen molar-refractivity contribution in [3.63, 3.8) is 0 Å². The Hall–Kier alpha value is -1.06. The molecule has 19 heavy (non-hydrogen) atoms. The van der Waals surface area contributed by atoms with Crippen molar-refractivity contribution in [2.24, 2.45) is 11.8 Å². The van der Waals surface area contributed by atoms with Crippen molar-refractivity contribution < 1.29 is 9.59 Å². The summed E-state index contributed by atoms with van der Waals surface area (Å²) in [5.41, 5.74) is 0. The predicted molar refractivity (Wildman–Crippen MR) is 72.4 cm³/mol. The Morgan fingerprint density at radius 3 is 2.68 bits per heavy atom. The van der Waals surface area contributed by atoms with Crippen LogP contribution < -0.4 is 5.32 Å². The van der Waals surface area contributed by atoms with Crippen molar-refractivity contribution in [1.29, 1.82) is 0 Å². The third kappa shape index (κ3) is 2.77. The van der Waals surface area contributed by atoms with Gasteiger partial charge in [0, 0.05) is 31.5 Å². The van der Waals surface area contributed by atoms with Gasteiger partial charge in [0.15, 0.2) is 0 Å². The number of fused-ring (bicyclic) bond motifs is 1. The van der Waals surface area contributed by atoms with Crippen LogP contribution in [0, 0.1) is 11.8 Å². The predicted octanol–water partition coefficient (Wildman–Crippen LogP) is 1.69. The molecule has 0 aromatic rings. The summed E-state index contributed by atoms with van der Waals surface area (Å²) in [6.07, 6.45) is 8.41. The highest BCUT2D eigenvalue weighted by Crippen LogP contribution is 2.30. The Kier molecular flexibility index (Phi) is 3.76. The van der Waals surface area contributed by atoms with Crippen LogP contribution in [0.2, 0.25) is 0 Å². The van der Waals surface area contributed by atoms with Gasteiger partial charge in [-0.05, 0) is 31.6 Å². The van der Waals surface area contributed by atoms with Crippen molar-refractivity contribution >= 4 is 11.8 Å². The standard InChI is InChI=1S/C15H24N2O2/c18-14-7-6-12-10-17(9-8-13(12)16-14)15(19)11-4-2-1-3-5-11/h11-13H,1-10H2,(H,16,18). The highest BCUT2D eigenvalue weighted by molar-refractivity contribution is 5.79. The number of likely N-dealkylation sites (tertiary alicyclic amines) is 1. The van der Waals surface area contributed by atoms with Crippen LogP contribution in [0.25, 0.3) is 0 Å². The minimum atomic E-state index is 0.188. The molecule has 3 aliphatic rings. The molecule has 0 bridgehead atoms. The molecule has 0 aromatic heterocycles. The summed E-state index contributed by atoms with van der Waals surface area (Å²) < 4.78 is 0. The van der Waals surface area contributed by atoms with E-state index >= 15 is 0 Å². The first kappa shape index (κ1) is 12.9. The van der Waals surface area contributed by atoms with E-state index in [4.69, 9.17) is 0 Å². The fraction of sp³-hybridized carbons (Fsp3) is 0.867. The molecule has 1 aliphatic carbocycles.